The van der Waals surface area contributed by atoms with Crippen molar-refractivity contribution in [1.29, 1.82) is 0 Å². The van der Waals surface area contributed by atoms with Gasteiger partial charge in [0.15, 0.2) is 5.17 Å². The van der Waals surface area contributed by atoms with Crippen molar-refractivity contribution in [1.82, 2.24) is 4.90 Å². The summed E-state index contributed by atoms with van der Waals surface area (Å²) in [6, 6.07) is 9.67. The molecule has 0 aliphatic carbocycles. The van der Waals surface area contributed by atoms with E-state index in [0.717, 1.165) is 29.5 Å². The maximum atomic E-state index is 13.7. The van der Waals surface area contributed by atoms with E-state index < -0.39 is 23.6 Å². The lowest BCUT2D eigenvalue weighted by Gasteiger charge is -2.25. The van der Waals surface area contributed by atoms with Crippen LogP contribution in [0.25, 0.3) is 0 Å². The van der Waals surface area contributed by atoms with Gasteiger partial charge in [-0.2, -0.15) is 0 Å². The molecule has 0 radical (unpaired) electrons. The second-order valence-electron chi connectivity index (χ2n) is 6.17. The summed E-state index contributed by atoms with van der Waals surface area (Å²) in [5.41, 5.74) is 1.30. The summed E-state index contributed by atoms with van der Waals surface area (Å²) in [7, 11) is 0. The van der Waals surface area contributed by atoms with Gasteiger partial charge in [-0.05, 0) is 31.2 Å². The molecule has 0 saturated carbocycles. The molecule has 2 aromatic rings. The second-order valence-corrected chi connectivity index (χ2v) is 7.12. The first-order valence-corrected chi connectivity index (χ1v) is 9.40. The minimum atomic E-state index is -0.861. The lowest BCUT2D eigenvalue weighted by atomic mass is 10.1. The van der Waals surface area contributed by atoms with Gasteiger partial charge in [0.2, 0.25) is 5.91 Å². The zero-order valence-electron chi connectivity index (χ0n) is 14.6. The summed E-state index contributed by atoms with van der Waals surface area (Å²) in [5.74, 6) is -1.91. The van der Waals surface area contributed by atoms with Gasteiger partial charge in [0.1, 0.15) is 23.5 Å². The van der Waals surface area contributed by atoms with Gasteiger partial charge in [-0.1, -0.05) is 23.9 Å². The Morgan fingerprint density at radius 3 is 2.82 bits per heavy atom. The number of thioether (sulfide) groups is 1. The number of amidine groups is 2. The number of benzene rings is 2. The Bertz CT molecular complexity index is 1050. The van der Waals surface area contributed by atoms with Gasteiger partial charge in [0.25, 0.3) is 5.91 Å². The van der Waals surface area contributed by atoms with Crippen LogP contribution in [-0.2, 0) is 9.59 Å². The van der Waals surface area contributed by atoms with Crippen molar-refractivity contribution in [2.75, 3.05) is 11.1 Å². The molecule has 4 rings (SSSR count). The number of aliphatic imine (C=N–C) groups is 2. The molecule has 0 unspecified atom stereocenters. The van der Waals surface area contributed by atoms with Crippen LogP contribution in [0, 0.1) is 11.6 Å². The van der Waals surface area contributed by atoms with Crippen LogP contribution in [0.4, 0.5) is 20.2 Å². The summed E-state index contributed by atoms with van der Waals surface area (Å²) in [6.07, 6.45) is 0. The Morgan fingerprint density at radius 2 is 2.04 bits per heavy atom. The van der Waals surface area contributed by atoms with Crippen molar-refractivity contribution in [3.05, 3.63) is 59.7 Å². The predicted octanol–water partition coefficient (Wildman–Crippen LogP) is 3.32. The summed E-state index contributed by atoms with van der Waals surface area (Å²) in [6.45, 7) is 1.70. The van der Waals surface area contributed by atoms with Crippen LogP contribution < -0.4 is 5.32 Å². The third-order valence-electron chi connectivity index (χ3n) is 4.20. The minimum absolute atomic E-state index is 0.108. The molecule has 2 aliphatic rings. The largest absolute Gasteiger partial charge is 0.323 e. The van der Waals surface area contributed by atoms with Gasteiger partial charge >= 0.3 is 0 Å². The van der Waals surface area contributed by atoms with Crippen molar-refractivity contribution >= 4 is 46.0 Å². The highest BCUT2D eigenvalue weighted by Gasteiger charge is 2.39. The summed E-state index contributed by atoms with van der Waals surface area (Å²) >= 11 is 1.05. The fraction of sp³-hybridized carbons (Fsp3) is 0.158. The van der Waals surface area contributed by atoms with Crippen LogP contribution in [0.1, 0.15) is 12.5 Å². The number of hydrogen-bond donors (Lipinski definition) is 1. The van der Waals surface area contributed by atoms with Gasteiger partial charge in [0, 0.05) is 11.6 Å². The normalized spacial score (nSPS) is 17.6. The lowest BCUT2D eigenvalue weighted by molar-refractivity contribution is -0.124. The van der Waals surface area contributed by atoms with Crippen LogP contribution in [0.5, 0.6) is 0 Å². The first-order chi connectivity index (χ1) is 13.4. The first kappa shape index (κ1) is 18.3. The highest BCUT2D eigenvalue weighted by molar-refractivity contribution is 8.14. The quantitative estimate of drug-likeness (QED) is 0.859. The molecule has 0 bridgehead atoms. The van der Waals surface area contributed by atoms with Gasteiger partial charge < -0.3 is 5.32 Å². The molecule has 1 N–H and O–H groups in total. The van der Waals surface area contributed by atoms with Gasteiger partial charge in [-0.3, -0.25) is 14.6 Å². The average Bonchev–Trinajstić information content (AvgIpc) is 2.97. The highest BCUT2D eigenvalue weighted by atomic mass is 32.2. The third kappa shape index (κ3) is 3.29. The Labute approximate surface area is 163 Å². The van der Waals surface area contributed by atoms with Gasteiger partial charge in [0.05, 0.1) is 17.1 Å². The van der Waals surface area contributed by atoms with Crippen LogP contribution in [0.2, 0.25) is 0 Å². The van der Waals surface area contributed by atoms with Crippen LogP contribution in [-0.4, -0.2) is 39.5 Å². The van der Waals surface area contributed by atoms with E-state index in [4.69, 9.17) is 0 Å². The smallest absolute Gasteiger partial charge is 0.258 e. The fourth-order valence-electron chi connectivity index (χ4n) is 2.88. The van der Waals surface area contributed by atoms with Crippen molar-refractivity contribution in [3.63, 3.8) is 0 Å². The third-order valence-corrected chi connectivity index (χ3v) is 5.13. The molecule has 0 fully saturated rings. The van der Waals surface area contributed by atoms with Crippen molar-refractivity contribution in [3.8, 4) is 0 Å². The number of para-hydroxylation sites is 1. The van der Waals surface area contributed by atoms with Crippen molar-refractivity contribution in [2.45, 2.75) is 13.0 Å². The molecule has 2 amide bonds. The number of carbonyl (C=O) groups is 2. The van der Waals surface area contributed by atoms with Crippen LogP contribution >= 0.6 is 11.8 Å². The van der Waals surface area contributed by atoms with Crippen molar-refractivity contribution in [2.24, 2.45) is 9.98 Å². The molecular weight excluding hydrogens is 386 g/mol. The number of amides is 2. The molecule has 1 atom stereocenters. The zero-order valence-corrected chi connectivity index (χ0v) is 15.5. The predicted molar refractivity (Wildman–Crippen MR) is 104 cm³/mol. The molecule has 9 heteroatoms. The molecule has 2 aliphatic heterocycles. The molecule has 0 aromatic heterocycles. The molecule has 0 spiro atoms. The Balaban J connectivity index is 1.53. The van der Waals surface area contributed by atoms with Crippen molar-refractivity contribution < 1.29 is 18.4 Å². The number of carbonyl (C=O) groups excluding carboxylic acids is 2. The van der Waals surface area contributed by atoms with E-state index in [9.17, 15) is 18.4 Å². The Kier molecular flexibility index (Phi) is 4.68. The van der Waals surface area contributed by atoms with Gasteiger partial charge in [-0.25, -0.2) is 18.7 Å². The van der Waals surface area contributed by atoms with E-state index in [2.05, 4.69) is 15.3 Å². The summed E-state index contributed by atoms with van der Waals surface area (Å²) in [5, 5.41) is 2.72. The van der Waals surface area contributed by atoms with Crippen LogP contribution in [0.15, 0.2) is 52.4 Å². The molecule has 2 heterocycles. The van der Waals surface area contributed by atoms with Gasteiger partial charge in [-0.15, -0.1) is 0 Å². The number of fused-ring (bicyclic) bond motifs is 3. The summed E-state index contributed by atoms with van der Waals surface area (Å²) in [4.78, 5) is 35.0. The Morgan fingerprint density at radius 1 is 1.25 bits per heavy atom. The molecule has 2 aromatic carbocycles. The number of anilines is 1. The number of halogens is 2. The Hall–Kier alpha value is -3.07. The zero-order chi connectivity index (χ0) is 19.8. The highest BCUT2D eigenvalue weighted by Crippen LogP contribution is 2.33. The topological polar surface area (TPSA) is 74.1 Å². The van der Waals surface area contributed by atoms with E-state index in [-0.39, 0.29) is 17.3 Å². The molecule has 0 saturated heterocycles. The molecule has 142 valence electrons. The van der Waals surface area contributed by atoms with E-state index >= 15 is 0 Å². The molecule has 28 heavy (non-hydrogen) atoms. The number of rotatable bonds is 3. The molecule has 6 nitrogen and oxygen atoms in total. The maximum absolute atomic E-state index is 13.7. The average molecular weight is 400 g/mol. The monoisotopic (exact) mass is 400 g/mol. The SMILES string of the molecule is C[C@@H]1N=C2c3ccccc3N=C(SCC(=O)Nc3ccc(F)cc3F)N2C1=O. The van der Waals surface area contributed by atoms with E-state index in [1.54, 1.807) is 13.0 Å². The number of nitrogens with one attached hydrogen (secondary N) is 1. The maximum Gasteiger partial charge on any atom is 0.258 e. The van der Waals surface area contributed by atoms with Crippen LogP contribution in [0.3, 0.4) is 0 Å². The fourth-order valence-corrected chi connectivity index (χ4v) is 3.68. The van der Waals surface area contributed by atoms with E-state index in [1.807, 2.05) is 18.2 Å². The molecular formula is C19H14F2N4O2S. The minimum Gasteiger partial charge on any atom is -0.323 e. The number of hydrogen-bond acceptors (Lipinski definition) is 5. The second kappa shape index (κ2) is 7.16. The lowest BCUT2D eigenvalue weighted by Crippen LogP contribution is -2.41. The first-order valence-electron chi connectivity index (χ1n) is 8.41. The van der Waals surface area contributed by atoms with E-state index in [0.29, 0.717) is 22.8 Å². The van der Waals surface area contributed by atoms with E-state index in [1.165, 1.54) is 4.90 Å². The standard InChI is InChI=1S/C19H14F2N4O2S/c1-10-18(27)25-17(22-10)12-4-2-3-5-14(12)24-19(25)28-9-16(26)23-15-7-6-11(20)8-13(15)21/h2-8,10H,9H2,1H3,(H,23,26)/t10-/m0/s1. The number of nitrogens with zero attached hydrogens (tertiary/aromatic N) is 3. The summed E-state index contributed by atoms with van der Waals surface area (Å²) < 4.78 is 26.7.